The summed E-state index contributed by atoms with van der Waals surface area (Å²) < 4.78 is 34.9. The van der Waals surface area contributed by atoms with Gasteiger partial charge in [-0.05, 0) is 104 Å². The number of aryl methyl sites for hydroxylation is 1. The van der Waals surface area contributed by atoms with E-state index in [9.17, 15) is 18.0 Å². The largest absolute Gasteiger partial charge is 0.462 e. The predicted octanol–water partition coefficient (Wildman–Crippen LogP) is 5.51. The second kappa shape index (κ2) is 10.5. The monoisotopic (exact) mass is 539 g/mol. The van der Waals surface area contributed by atoms with Crippen LogP contribution in [-0.2, 0) is 26.0 Å². The zero-order valence-corrected chi connectivity index (χ0v) is 23.0. The molecular weight excluding hydrogens is 502 g/mol. The third-order valence-electron chi connectivity index (χ3n) is 9.23. The fraction of sp³-hybridized carbons (Fsp3) is 0.533. The lowest BCUT2D eigenvalue weighted by molar-refractivity contribution is -0.157. The Labute approximate surface area is 225 Å². The van der Waals surface area contributed by atoms with Gasteiger partial charge in [0.05, 0.1) is 10.5 Å². The fourth-order valence-corrected chi connectivity index (χ4v) is 7.83. The maximum atomic E-state index is 12.7. The molecule has 8 heteroatoms. The number of fused-ring (bicyclic) bond motifs is 5. The number of sulfonamides is 1. The summed E-state index contributed by atoms with van der Waals surface area (Å²) in [5.74, 6) is 1.35. The summed E-state index contributed by atoms with van der Waals surface area (Å²) in [6.07, 6.45) is 8.56. The summed E-state index contributed by atoms with van der Waals surface area (Å²) in [5, 5.41) is 5.19. The summed E-state index contributed by atoms with van der Waals surface area (Å²) in [6.45, 7) is 4.42. The lowest BCUT2D eigenvalue weighted by Gasteiger charge is -2.50. The third kappa shape index (κ3) is 5.13. The number of rotatable bonds is 7. The lowest BCUT2D eigenvalue weighted by atomic mass is 9.55. The van der Waals surface area contributed by atoms with Crippen molar-refractivity contribution >= 4 is 22.0 Å². The van der Waals surface area contributed by atoms with Gasteiger partial charge in [0, 0.05) is 11.8 Å². The number of unbranched alkanes of at least 4 members (excludes halogenated alkanes) is 1. The Kier molecular flexibility index (Phi) is 7.40. The van der Waals surface area contributed by atoms with Crippen molar-refractivity contribution in [3.05, 3.63) is 59.2 Å². The first-order chi connectivity index (χ1) is 18.1. The minimum atomic E-state index is -3.91. The molecule has 7 nitrogen and oxygen atoms in total. The van der Waals surface area contributed by atoms with Gasteiger partial charge in [-0.25, -0.2) is 18.4 Å². The number of hydrogen-bond donors (Lipinski definition) is 1. The van der Waals surface area contributed by atoms with Crippen LogP contribution in [0.2, 0.25) is 0 Å². The van der Waals surface area contributed by atoms with E-state index in [1.807, 2.05) is 12.1 Å². The molecule has 0 aliphatic heterocycles. The van der Waals surface area contributed by atoms with Crippen molar-refractivity contribution in [2.24, 2.45) is 22.4 Å². The van der Waals surface area contributed by atoms with Crippen molar-refractivity contribution in [2.45, 2.75) is 88.6 Å². The van der Waals surface area contributed by atoms with Gasteiger partial charge in [-0.1, -0.05) is 32.4 Å². The molecule has 0 spiro atoms. The van der Waals surface area contributed by atoms with Crippen molar-refractivity contribution in [3.8, 4) is 5.75 Å². The first-order valence-corrected chi connectivity index (χ1v) is 15.3. The van der Waals surface area contributed by atoms with Crippen LogP contribution < -0.4 is 9.88 Å². The molecule has 2 saturated carbocycles. The minimum absolute atomic E-state index is 0.0220. The highest BCUT2D eigenvalue weighted by Gasteiger charge is 2.56. The zero-order chi connectivity index (χ0) is 27.1. The van der Waals surface area contributed by atoms with Gasteiger partial charge in [0.15, 0.2) is 0 Å². The molecule has 2 N–H and O–H groups in total. The van der Waals surface area contributed by atoms with Crippen molar-refractivity contribution in [1.82, 2.24) is 0 Å². The molecule has 3 unspecified atom stereocenters. The Morgan fingerprint density at radius 2 is 1.89 bits per heavy atom. The first-order valence-electron chi connectivity index (χ1n) is 13.8. The third-order valence-corrected chi connectivity index (χ3v) is 10.1. The van der Waals surface area contributed by atoms with Crippen LogP contribution in [0.3, 0.4) is 0 Å². The Bertz CT molecular complexity index is 1340. The van der Waals surface area contributed by atoms with E-state index in [4.69, 9.17) is 14.6 Å². The molecule has 5 rings (SSSR count). The molecule has 0 saturated heterocycles. The zero-order valence-electron chi connectivity index (χ0n) is 22.1. The number of esters is 2. The van der Waals surface area contributed by atoms with Crippen LogP contribution in [0.5, 0.6) is 5.75 Å². The summed E-state index contributed by atoms with van der Waals surface area (Å²) in [5.41, 5.74) is 2.72. The Morgan fingerprint density at radius 1 is 1.08 bits per heavy atom. The maximum Gasteiger partial charge on any atom is 0.343 e. The van der Waals surface area contributed by atoms with E-state index in [0.717, 1.165) is 51.4 Å². The molecule has 3 aliphatic carbocycles. The number of benzene rings is 2. The highest BCUT2D eigenvalue weighted by atomic mass is 32.2. The van der Waals surface area contributed by atoms with Gasteiger partial charge < -0.3 is 9.47 Å². The van der Waals surface area contributed by atoms with Gasteiger partial charge in [-0.3, -0.25) is 4.79 Å². The fourth-order valence-electron chi connectivity index (χ4n) is 7.27. The van der Waals surface area contributed by atoms with Crippen molar-refractivity contribution in [2.75, 3.05) is 0 Å². The van der Waals surface area contributed by atoms with E-state index in [1.165, 1.54) is 35.4 Å². The van der Waals surface area contributed by atoms with Crippen LogP contribution in [-0.4, -0.2) is 26.5 Å². The molecule has 0 aromatic heterocycles. The average Bonchev–Trinajstić information content (AvgIpc) is 3.22. The first kappa shape index (κ1) is 26.9. The number of ether oxygens (including phenoxy) is 2. The number of primary sulfonamides is 1. The second-order valence-electron chi connectivity index (χ2n) is 11.4. The van der Waals surface area contributed by atoms with Gasteiger partial charge in [0.25, 0.3) is 0 Å². The quantitative estimate of drug-likeness (QED) is 0.367. The molecule has 0 bridgehead atoms. The van der Waals surface area contributed by atoms with Gasteiger partial charge >= 0.3 is 11.9 Å². The van der Waals surface area contributed by atoms with Crippen LogP contribution in [0.4, 0.5) is 0 Å². The number of carbonyl (C=O) groups is 2. The molecule has 2 fully saturated rings. The standard InChI is InChI=1S/C30H37NO6S/c1-3-4-8-28(32)37-27-14-13-26-25-11-9-19-17-21(10-12-23(19)24(25)15-16-30(26,27)2)36-29(33)20-6-5-7-22(18-20)38(31,34)35/h5-7,10,12,17-18,24-27H,3-4,8-9,11,13-16H2,1-2H3,(H2,31,34,35)/t24?,25?,26?,27-,30-/m0/s1. The molecule has 0 amide bonds. The molecule has 2 aromatic rings. The summed E-state index contributed by atoms with van der Waals surface area (Å²) in [7, 11) is -3.91. The number of hydrogen-bond acceptors (Lipinski definition) is 6. The van der Waals surface area contributed by atoms with E-state index in [2.05, 4.69) is 19.9 Å². The molecule has 38 heavy (non-hydrogen) atoms. The van der Waals surface area contributed by atoms with Crippen LogP contribution in [0, 0.1) is 17.3 Å². The van der Waals surface area contributed by atoms with Gasteiger partial charge in [-0.2, -0.15) is 0 Å². The molecule has 0 radical (unpaired) electrons. The van der Waals surface area contributed by atoms with E-state index < -0.39 is 16.0 Å². The number of nitrogens with two attached hydrogens (primary N) is 1. The van der Waals surface area contributed by atoms with Crippen LogP contribution in [0.1, 0.15) is 92.6 Å². The van der Waals surface area contributed by atoms with Crippen LogP contribution in [0.25, 0.3) is 0 Å². The van der Waals surface area contributed by atoms with Crippen LogP contribution >= 0.6 is 0 Å². The Morgan fingerprint density at radius 3 is 2.66 bits per heavy atom. The second-order valence-corrected chi connectivity index (χ2v) is 13.0. The van der Waals surface area contributed by atoms with Gasteiger partial charge in [0.1, 0.15) is 11.9 Å². The summed E-state index contributed by atoms with van der Waals surface area (Å²) in [6, 6.07) is 11.4. The van der Waals surface area contributed by atoms with Crippen molar-refractivity contribution in [1.29, 1.82) is 0 Å². The van der Waals surface area contributed by atoms with Gasteiger partial charge in [0.2, 0.25) is 10.0 Å². The maximum absolute atomic E-state index is 12.7. The minimum Gasteiger partial charge on any atom is -0.462 e. The summed E-state index contributed by atoms with van der Waals surface area (Å²) in [4.78, 5) is 25.0. The average molecular weight is 540 g/mol. The molecule has 2 aromatic carbocycles. The Balaban J connectivity index is 1.28. The highest BCUT2D eigenvalue weighted by molar-refractivity contribution is 7.89. The Hall–Kier alpha value is -2.71. The molecule has 3 aliphatic rings. The van der Waals surface area contributed by atoms with E-state index in [1.54, 1.807) is 0 Å². The van der Waals surface area contributed by atoms with Crippen molar-refractivity contribution in [3.63, 3.8) is 0 Å². The van der Waals surface area contributed by atoms with Crippen LogP contribution in [0.15, 0.2) is 47.4 Å². The van der Waals surface area contributed by atoms with Crippen molar-refractivity contribution < 1.29 is 27.5 Å². The molecule has 5 atom stereocenters. The van der Waals surface area contributed by atoms with Gasteiger partial charge in [-0.15, -0.1) is 0 Å². The molecule has 204 valence electrons. The van der Waals surface area contributed by atoms with E-state index in [-0.39, 0.29) is 27.9 Å². The summed E-state index contributed by atoms with van der Waals surface area (Å²) >= 11 is 0. The normalized spacial score (nSPS) is 28.1. The van der Waals surface area contributed by atoms with E-state index in [0.29, 0.717) is 29.9 Å². The lowest BCUT2D eigenvalue weighted by Crippen LogP contribution is -2.45. The highest BCUT2D eigenvalue weighted by Crippen LogP contribution is 2.61. The SMILES string of the molecule is CCCCC(=O)O[C@H]1CCC2C3CCc4cc(OC(=O)c5cccc(S(N)(=O)=O)c5)ccc4C3CC[C@@]21C. The van der Waals surface area contributed by atoms with E-state index >= 15 is 0 Å². The topological polar surface area (TPSA) is 113 Å². The molecular formula is C30H37NO6S. The number of carbonyl (C=O) groups excluding carboxylic acids is 2. The predicted molar refractivity (Wildman–Crippen MR) is 143 cm³/mol. The molecule has 0 heterocycles. The smallest absolute Gasteiger partial charge is 0.343 e.